The van der Waals surface area contributed by atoms with Crippen LogP contribution in [0.2, 0.25) is 5.02 Å². The van der Waals surface area contributed by atoms with Gasteiger partial charge in [0.2, 0.25) is 5.91 Å². The highest BCUT2D eigenvalue weighted by Crippen LogP contribution is 2.24. The molecule has 0 saturated heterocycles. The molecule has 0 saturated carbocycles. The first kappa shape index (κ1) is 24.8. The zero-order valence-corrected chi connectivity index (χ0v) is 20.1. The van der Waals surface area contributed by atoms with Crippen molar-refractivity contribution in [1.82, 2.24) is 20.1 Å². The Labute approximate surface area is 202 Å². The molecule has 3 rings (SSSR count). The lowest BCUT2D eigenvalue weighted by molar-refractivity contribution is -0.113. The molecule has 33 heavy (non-hydrogen) atoms. The Bertz CT molecular complexity index is 1110. The lowest BCUT2D eigenvalue weighted by atomic mass is 10.2. The van der Waals surface area contributed by atoms with Crippen LogP contribution in [0.4, 0.5) is 5.69 Å². The van der Waals surface area contributed by atoms with Gasteiger partial charge in [-0.15, -0.1) is 10.2 Å². The molecule has 3 aromatic rings. The number of aryl methyl sites for hydroxylation is 1. The Morgan fingerprint density at radius 3 is 2.85 bits per heavy atom. The molecule has 174 valence electrons. The number of carbonyl (C=O) groups is 2. The second kappa shape index (κ2) is 12.4. The number of carbonyl (C=O) groups excluding carboxylic acids is 2. The molecule has 0 bridgehead atoms. The van der Waals surface area contributed by atoms with Crippen molar-refractivity contribution < 1.29 is 14.3 Å². The average molecular weight is 488 g/mol. The van der Waals surface area contributed by atoms with Crippen molar-refractivity contribution in [2.45, 2.75) is 25.4 Å². The SMILES string of the molecule is CCOCCCNC(=O)c1cccc(NC(=O)CSc2nncn2-c2ccc(C)c(Cl)c2)c1. The van der Waals surface area contributed by atoms with Crippen molar-refractivity contribution in [3.8, 4) is 5.69 Å². The number of hydrogen-bond acceptors (Lipinski definition) is 6. The van der Waals surface area contributed by atoms with Crippen LogP contribution < -0.4 is 10.6 Å². The monoisotopic (exact) mass is 487 g/mol. The van der Waals surface area contributed by atoms with Gasteiger partial charge in [-0.1, -0.05) is 35.5 Å². The quantitative estimate of drug-likeness (QED) is 0.312. The third-order valence-corrected chi connectivity index (χ3v) is 6.00. The van der Waals surface area contributed by atoms with Gasteiger partial charge in [0.05, 0.1) is 11.4 Å². The molecule has 8 nitrogen and oxygen atoms in total. The first-order chi connectivity index (χ1) is 16.0. The summed E-state index contributed by atoms with van der Waals surface area (Å²) in [6.07, 6.45) is 2.32. The van der Waals surface area contributed by atoms with E-state index < -0.39 is 0 Å². The molecule has 0 spiro atoms. The summed E-state index contributed by atoms with van der Waals surface area (Å²) in [6.45, 7) is 5.66. The minimum Gasteiger partial charge on any atom is -0.382 e. The fourth-order valence-corrected chi connectivity index (χ4v) is 3.82. The predicted molar refractivity (Wildman–Crippen MR) is 130 cm³/mol. The van der Waals surface area contributed by atoms with Gasteiger partial charge in [-0.2, -0.15) is 0 Å². The van der Waals surface area contributed by atoms with E-state index in [1.165, 1.54) is 11.8 Å². The highest BCUT2D eigenvalue weighted by Gasteiger charge is 2.12. The van der Waals surface area contributed by atoms with Gasteiger partial charge in [-0.3, -0.25) is 14.2 Å². The van der Waals surface area contributed by atoms with Crippen LogP contribution in [-0.4, -0.2) is 52.1 Å². The predicted octanol–water partition coefficient (Wildman–Crippen LogP) is 4.12. The Balaban J connectivity index is 1.54. The van der Waals surface area contributed by atoms with Crippen molar-refractivity contribution in [3.05, 3.63) is 64.9 Å². The summed E-state index contributed by atoms with van der Waals surface area (Å²) in [6, 6.07) is 12.5. The molecule has 0 aliphatic carbocycles. The molecular weight excluding hydrogens is 462 g/mol. The molecule has 0 fully saturated rings. The fourth-order valence-electron chi connectivity index (χ4n) is 2.92. The zero-order chi connectivity index (χ0) is 23.6. The molecule has 1 heterocycles. The van der Waals surface area contributed by atoms with E-state index in [1.807, 2.05) is 32.0 Å². The second-order valence-electron chi connectivity index (χ2n) is 7.14. The number of thioether (sulfide) groups is 1. The maximum atomic E-state index is 12.5. The van der Waals surface area contributed by atoms with E-state index in [2.05, 4.69) is 20.8 Å². The van der Waals surface area contributed by atoms with Crippen LogP contribution in [0.15, 0.2) is 53.9 Å². The lowest BCUT2D eigenvalue weighted by Crippen LogP contribution is -2.25. The van der Waals surface area contributed by atoms with Crippen LogP contribution in [0.5, 0.6) is 0 Å². The van der Waals surface area contributed by atoms with E-state index in [-0.39, 0.29) is 17.6 Å². The topological polar surface area (TPSA) is 98.1 Å². The molecule has 1 aromatic heterocycles. The first-order valence-corrected chi connectivity index (χ1v) is 11.9. The third kappa shape index (κ3) is 7.31. The van der Waals surface area contributed by atoms with Gasteiger partial charge < -0.3 is 15.4 Å². The first-order valence-electron chi connectivity index (χ1n) is 10.5. The summed E-state index contributed by atoms with van der Waals surface area (Å²) >= 11 is 7.48. The van der Waals surface area contributed by atoms with Crippen LogP contribution in [-0.2, 0) is 9.53 Å². The highest BCUT2D eigenvalue weighted by molar-refractivity contribution is 7.99. The van der Waals surface area contributed by atoms with E-state index in [0.29, 0.717) is 41.2 Å². The number of nitrogens with one attached hydrogen (secondary N) is 2. The van der Waals surface area contributed by atoms with Gasteiger partial charge in [-0.25, -0.2) is 0 Å². The van der Waals surface area contributed by atoms with Crippen LogP contribution in [0.3, 0.4) is 0 Å². The summed E-state index contributed by atoms with van der Waals surface area (Å²) in [5.41, 5.74) is 2.82. The van der Waals surface area contributed by atoms with Gasteiger partial charge in [0.15, 0.2) is 5.16 Å². The van der Waals surface area contributed by atoms with Crippen molar-refractivity contribution in [2.75, 3.05) is 30.8 Å². The third-order valence-electron chi connectivity index (χ3n) is 4.65. The van der Waals surface area contributed by atoms with Gasteiger partial charge in [0.1, 0.15) is 6.33 Å². The standard InChI is InChI=1S/C23H26ClN5O3S/c1-3-32-11-5-10-25-22(31)17-6-4-7-18(12-17)27-21(30)14-33-23-28-26-15-29(23)19-9-8-16(2)20(24)13-19/h4,6-9,12-13,15H,3,5,10-11,14H2,1-2H3,(H,25,31)(H,27,30). The molecular formula is C23H26ClN5O3S. The summed E-state index contributed by atoms with van der Waals surface area (Å²) in [5.74, 6) is -0.279. The summed E-state index contributed by atoms with van der Waals surface area (Å²) < 4.78 is 7.04. The Kier molecular flexibility index (Phi) is 9.29. The smallest absolute Gasteiger partial charge is 0.251 e. The number of nitrogens with zero attached hydrogens (tertiary/aromatic N) is 3. The van der Waals surface area contributed by atoms with E-state index >= 15 is 0 Å². The Hall–Kier alpha value is -2.88. The van der Waals surface area contributed by atoms with Crippen molar-refractivity contribution in [2.24, 2.45) is 0 Å². The number of ether oxygens (including phenoxy) is 1. The number of aromatic nitrogens is 3. The molecule has 10 heteroatoms. The fraction of sp³-hybridized carbons (Fsp3) is 0.304. The number of rotatable bonds is 11. The zero-order valence-electron chi connectivity index (χ0n) is 18.5. The largest absolute Gasteiger partial charge is 0.382 e. The molecule has 0 atom stereocenters. The number of benzene rings is 2. The number of hydrogen-bond donors (Lipinski definition) is 2. The number of halogens is 1. The highest BCUT2D eigenvalue weighted by atomic mass is 35.5. The van der Waals surface area contributed by atoms with E-state index in [9.17, 15) is 9.59 Å². The van der Waals surface area contributed by atoms with Gasteiger partial charge in [0, 0.05) is 36.0 Å². The second-order valence-corrected chi connectivity index (χ2v) is 8.49. The number of anilines is 1. The molecule has 0 unspecified atom stereocenters. The van der Waals surface area contributed by atoms with Gasteiger partial charge >= 0.3 is 0 Å². The van der Waals surface area contributed by atoms with Crippen LogP contribution >= 0.6 is 23.4 Å². The minimum absolute atomic E-state index is 0.131. The lowest BCUT2D eigenvalue weighted by Gasteiger charge is -2.09. The molecule has 0 radical (unpaired) electrons. The van der Waals surface area contributed by atoms with Crippen LogP contribution in [0.1, 0.15) is 29.3 Å². The summed E-state index contributed by atoms with van der Waals surface area (Å²) in [5, 5.41) is 14.9. The normalized spacial score (nSPS) is 10.8. The summed E-state index contributed by atoms with van der Waals surface area (Å²) in [4.78, 5) is 24.8. The summed E-state index contributed by atoms with van der Waals surface area (Å²) in [7, 11) is 0. The Morgan fingerprint density at radius 1 is 1.21 bits per heavy atom. The molecule has 2 N–H and O–H groups in total. The van der Waals surface area contributed by atoms with Gasteiger partial charge in [0.25, 0.3) is 5.91 Å². The van der Waals surface area contributed by atoms with Crippen molar-refractivity contribution >= 4 is 40.9 Å². The maximum absolute atomic E-state index is 12.5. The van der Waals surface area contributed by atoms with Crippen molar-refractivity contribution in [1.29, 1.82) is 0 Å². The van der Waals surface area contributed by atoms with Crippen LogP contribution in [0.25, 0.3) is 5.69 Å². The molecule has 0 aliphatic rings. The minimum atomic E-state index is -0.217. The van der Waals surface area contributed by atoms with Gasteiger partial charge in [-0.05, 0) is 56.2 Å². The Morgan fingerprint density at radius 2 is 2.06 bits per heavy atom. The maximum Gasteiger partial charge on any atom is 0.251 e. The van der Waals surface area contributed by atoms with Crippen LogP contribution in [0, 0.1) is 6.92 Å². The van der Waals surface area contributed by atoms with E-state index in [4.69, 9.17) is 16.3 Å². The van der Waals surface area contributed by atoms with E-state index in [0.717, 1.165) is 17.7 Å². The molecule has 0 aliphatic heterocycles. The molecule has 2 amide bonds. The molecule has 2 aromatic carbocycles. The van der Waals surface area contributed by atoms with E-state index in [1.54, 1.807) is 35.2 Å². The number of amides is 2. The van der Waals surface area contributed by atoms with Crippen molar-refractivity contribution in [3.63, 3.8) is 0 Å². The average Bonchev–Trinajstić information content (AvgIpc) is 3.28.